The van der Waals surface area contributed by atoms with Crippen LogP contribution in [-0.4, -0.2) is 30.1 Å². The van der Waals surface area contributed by atoms with Crippen molar-refractivity contribution >= 4 is 27.7 Å². The van der Waals surface area contributed by atoms with Crippen LogP contribution in [0.3, 0.4) is 0 Å². The van der Waals surface area contributed by atoms with Gasteiger partial charge in [-0.25, -0.2) is 4.98 Å². The van der Waals surface area contributed by atoms with Gasteiger partial charge in [0.25, 0.3) is 0 Å². The average molecular weight is 341 g/mol. The van der Waals surface area contributed by atoms with Gasteiger partial charge >= 0.3 is 0 Å². The molecular weight excluding hydrogens is 316 g/mol. The summed E-state index contributed by atoms with van der Waals surface area (Å²) in [6.45, 7) is 8.69. The first-order valence-electron chi connectivity index (χ1n) is 7.44. The predicted octanol–water partition coefficient (Wildman–Crippen LogP) is 3.96. The Morgan fingerprint density at radius 3 is 2.15 bits per heavy atom. The number of aromatic nitrogens is 2. The zero-order valence-electron chi connectivity index (χ0n) is 13.0. The molecule has 1 aromatic rings. The first-order chi connectivity index (χ1) is 9.43. The molecule has 0 aromatic carbocycles. The van der Waals surface area contributed by atoms with E-state index < -0.39 is 0 Å². The van der Waals surface area contributed by atoms with Crippen LogP contribution < -0.4 is 10.2 Å². The van der Waals surface area contributed by atoms with Crippen molar-refractivity contribution in [1.29, 1.82) is 0 Å². The molecule has 1 fully saturated rings. The minimum Gasteiger partial charge on any atom is -0.372 e. The predicted molar refractivity (Wildman–Crippen MR) is 88.7 cm³/mol. The molecule has 0 amide bonds. The fraction of sp³-hybridized carbons (Fsp3) is 0.733. The van der Waals surface area contributed by atoms with E-state index in [2.05, 4.69) is 51.9 Å². The maximum absolute atomic E-state index is 4.85. The second kappa shape index (κ2) is 6.29. The summed E-state index contributed by atoms with van der Waals surface area (Å²) >= 11 is 3.64. The summed E-state index contributed by atoms with van der Waals surface area (Å²) in [6, 6.07) is 0. The molecule has 2 heterocycles. The molecule has 4 nitrogen and oxygen atoms in total. The zero-order chi connectivity index (χ0) is 14.8. The van der Waals surface area contributed by atoms with Crippen molar-refractivity contribution in [1.82, 2.24) is 9.97 Å². The van der Waals surface area contributed by atoms with Crippen LogP contribution in [-0.2, 0) is 5.41 Å². The molecule has 20 heavy (non-hydrogen) atoms. The van der Waals surface area contributed by atoms with Gasteiger partial charge in [0.2, 0.25) is 5.95 Å². The molecule has 0 atom stereocenters. The van der Waals surface area contributed by atoms with Crippen molar-refractivity contribution in [3.05, 3.63) is 10.2 Å². The van der Waals surface area contributed by atoms with Gasteiger partial charge in [0.15, 0.2) is 0 Å². The van der Waals surface area contributed by atoms with Crippen LogP contribution in [0, 0.1) is 0 Å². The number of rotatable bonds is 2. The Labute approximate surface area is 130 Å². The van der Waals surface area contributed by atoms with Crippen LogP contribution in [0.4, 0.5) is 11.8 Å². The van der Waals surface area contributed by atoms with E-state index in [4.69, 9.17) is 4.98 Å². The zero-order valence-corrected chi connectivity index (χ0v) is 14.5. The Morgan fingerprint density at radius 1 is 1.05 bits per heavy atom. The molecule has 1 N–H and O–H groups in total. The van der Waals surface area contributed by atoms with Gasteiger partial charge in [0, 0.05) is 25.6 Å². The highest BCUT2D eigenvalue weighted by Gasteiger charge is 2.24. The SMILES string of the molecule is CNc1nc(N2CCCCCC2)nc(C(C)(C)C)c1Br. The van der Waals surface area contributed by atoms with Gasteiger partial charge in [-0.3, -0.25) is 0 Å². The highest BCUT2D eigenvalue weighted by atomic mass is 79.9. The van der Waals surface area contributed by atoms with Crippen molar-refractivity contribution in [3.63, 3.8) is 0 Å². The molecule has 112 valence electrons. The second-order valence-electron chi connectivity index (χ2n) is 6.44. The van der Waals surface area contributed by atoms with Gasteiger partial charge in [-0.1, -0.05) is 33.6 Å². The molecule has 1 saturated heterocycles. The van der Waals surface area contributed by atoms with Crippen LogP contribution in [0.25, 0.3) is 0 Å². The topological polar surface area (TPSA) is 41.1 Å². The van der Waals surface area contributed by atoms with Gasteiger partial charge in [-0.05, 0) is 28.8 Å². The maximum Gasteiger partial charge on any atom is 0.227 e. The lowest BCUT2D eigenvalue weighted by Gasteiger charge is -2.26. The Hall–Kier alpha value is -0.840. The Kier molecular flexibility index (Phi) is 4.89. The Morgan fingerprint density at radius 2 is 1.65 bits per heavy atom. The van der Waals surface area contributed by atoms with E-state index in [0.29, 0.717) is 0 Å². The number of hydrogen-bond donors (Lipinski definition) is 1. The summed E-state index contributed by atoms with van der Waals surface area (Å²) in [7, 11) is 1.91. The average Bonchev–Trinajstić information content (AvgIpc) is 2.66. The van der Waals surface area contributed by atoms with Crippen LogP contribution in [0.1, 0.15) is 52.1 Å². The van der Waals surface area contributed by atoms with Gasteiger partial charge in [-0.15, -0.1) is 0 Å². The molecular formula is C15H25BrN4. The second-order valence-corrected chi connectivity index (χ2v) is 7.23. The normalized spacial score (nSPS) is 16.9. The van der Waals surface area contributed by atoms with Crippen molar-refractivity contribution in [3.8, 4) is 0 Å². The molecule has 1 aliphatic rings. The van der Waals surface area contributed by atoms with E-state index in [0.717, 1.165) is 35.0 Å². The molecule has 1 aliphatic heterocycles. The van der Waals surface area contributed by atoms with E-state index in [1.807, 2.05) is 7.05 Å². The number of anilines is 2. The van der Waals surface area contributed by atoms with Crippen LogP contribution >= 0.6 is 15.9 Å². The number of halogens is 1. The highest BCUT2D eigenvalue weighted by molar-refractivity contribution is 9.10. The summed E-state index contributed by atoms with van der Waals surface area (Å²) in [5, 5.41) is 3.18. The standard InChI is InChI=1S/C15H25BrN4/c1-15(2,3)12-11(16)13(17-4)19-14(18-12)20-9-7-5-6-8-10-20/h5-10H2,1-4H3,(H,17,18,19). The summed E-state index contributed by atoms with van der Waals surface area (Å²) in [6.07, 6.45) is 5.11. The van der Waals surface area contributed by atoms with Gasteiger partial charge in [-0.2, -0.15) is 4.98 Å². The molecule has 0 bridgehead atoms. The van der Waals surface area contributed by atoms with Crippen LogP contribution in [0.5, 0.6) is 0 Å². The maximum atomic E-state index is 4.85. The largest absolute Gasteiger partial charge is 0.372 e. The van der Waals surface area contributed by atoms with Crippen molar-refractivity contribution < 1.29 is 0 Å². The fourth-order valence-corrected chi connectivity index (χ4v) is 3.48. The smallest absolute Gasteiger partial charge is 0.227 e. The first-order valence-corrected chi connectivity index (χ1v) is 8.23. The lowest BCUT2D eigenvalue weighted by atomic mass is 9.92. The monoisotopic (exact) mass is 340 g/mol. The molecule has 0 radical (unpaired) electrons. The quantitative estimate of drug-likeness (QED) is 0.884. The van der Waals surface area contributed by atoms with Crippen LogP contribution in [0.15, 0.2) is 4.47 Å². The van der Waals surface area contributed by atoms with Crippen molar-refractivity contribution in [2.45, 2.75) is 51.9 Å². The highest BCUT2D eigenvalue weighted by Crippen LogP contribution is 2.34. The van der Waals surface area contributed by atoms with Gasteiger partial charge < -0.3 is 10.2 Å². The lowest BCUT2D eigenvalue weighted by Crippen LogP contribution is -2.28. The minimum absolute atomic E-state index is 0.00598. The van der Waals surface area contributed by atoms with E-state index in [1.54, 1.807) is 0 Å². The number of nitrogens with zero attached hydrogens (tertiary/aromatic N) is 3. The molecule has 0 unspecified atom stereocenters. The van der Waals surface area contributed by atoms with Crippen LogP contribution in [0.2, 0.25) is 0 Å². The molecule has 0 spiro atoms. The lowest BCUT2D eigenvalue weighted by molar-refractivity contribution is 0.561. The van der Waals surface area contributed by atoms with E-state index in [1.165, 1.54) is 25.7 Å². The fourth-order valence-electron chi connectivity index (χ4n) is 2.51. The first kappa shape index (κ1) is 15.5. The summed E-state index contributed by atoms with van der Waals surface area (Å²) in [5.74, 6) is 1.74. The van der Waals surface area contributed by atoms with E-state index >= 15 is 0 Å². The van der Waals surface area contributed by atoms with E-state index in [9.17, 15) is 0 Å². The van der Waals surface area contributed by atoms with Crippen molar-refractivity contribution in [2.75, 3.05) is 30.4 Å². The number of hydrogen-bond acceptors (Lipinski definition) is 4. The Bertz CT molecular complexity index is 460. The Balaban J connectivity index is 2.42. The van der Waals surface area contributed by atoms with Gasteiger partial charge in [0.1, 0.15) is 5.82 Å². The molecule has 0 saturated carbocycles. The summed E-state index contributed by atoms with van der Waals surface area (Å²) < 4.78 is 0.978. The van der Waals surface area contributed by atoms with E-state index in [-0.39, 0.29) is 5.41 Å². The molecule has 0 aliphatic carbocycles. The molecule has 2 rings (SSSR count). The summed E-state index contributed by atoms with van der Waals surface area (Å²) in [4.78, 5) is 11.9. The van der Waals surface area contributed by atoms with Crippen molar-refractivity contribution in [2.24, 2.45) is 0 Å². The van der Waals surface area contributed by atoms with Gasteiger partial charge in [0.05, 0.1) is 10.2 Å². The summed E-state index contributed by atoms with van der Waals surface area (Å²) in [5.41, 5.74) is 1.06. The third kappa shape index (κ3) is 3.43. The third-order valence-corrected chi connectivity index (χ3v) is 4.43. The number of nitrogens with one attached hydrogen (secondary N) is 1. The molecule has 1 aromatic heterocycles. The minimum atomic E-state index is -0.00598. The third-order valence-electron chi connectivity index (χ3n) is 3.68. The molecule has 5 heteroatoms.